The molecule has 0 unspecified atom stereocenters. The van der Waals surface area contributed by atoms with E-state index < -0.39 is 4.92 Å². The lowest BCUT2D eigenvalue weighted by Gasteiger charge is -2.21. The van der Waals surface area contributed by atoms with Crippen LogP contribution in [0.2, 0.25) is 0 Å². The van der Waals surface area contributed by atoms with Gasteiger partial charge in [0.1, 0.15) is 0 Å². The van der Waals surface area contributed by atoms with E-state index in [1.807, 2.05) is 6.92 Å². The average molecular weight is 394 g/mol. The van der Waals surface area contributed by atoms with Crippen molar-refractivity contribution in [3.8, 4) is 0 Å². The molecule has 0 aromatic heterocycles. The molecule has 0 N–H and O–H groups in total. The van der Waals surface area contributed by atoms with Crippen LogP contribution < -0.4 is 0 Å². The van der Waals surface area contributed by atoms with E-state index in [4.69, 9.17) is 0 Å². The lowest BCUT2D eigenvalue weighted by atomic mass is 10.1. The summed E-state index contributed by atoms with van der Waals surface area (Å²) in [6.07, 6.45) is 0.842. The Morgan fingerprint density at radius 2 is 2.05 bits per heavy atom. The number of benzene rings is 1. The summed E-state index contributed by atoms with van der Waals surface area (Å²) in [4.78, 5) is 24.3. The number of hydrogen-bond acceptors (Lipinski definition) is 3. The maximum absolute atomic E-state index is 12.3. The highest BCUT2D eigenvalue weighted by Crippen LogP contribution is 2.22. The number of carbonyl (C=O) groups excluding carboxylic acids is 1. The van der Waals surface area contributed by atoms with Gasteiger partial charge < -0.3 is 4.90 Å². The Morgan fingerprint density at radius 3 is 2.58 bits per heavy atom. The van der Waals surface area contributed by atoms with E-state index in [-0.39, 0.29) is 11.6 Å². The summed E-state index contributed by atoms with van der Waals surface area (Å²) in [7, 11) is 0. The van der Waals surface area contributed by atoms with Crippen molar-refractivity contribution in [2.45, 2.75) is 13.3 Å². The third kappa shape index (κ3) is 4.58. The largest absolute Gasteiger partial charge is 0.338 e. The summed E-state index contributed by atoms with van der Waals surface area (Å²) >= 11 is 6.49. The molecule has 1 amide bonds. The molecule has 0 saturated carbocycles. The smallest absolute Gasteiger partial charge is 0.271 e. The molecule has 0 aliphatic heterocycles. The minimum absolute atomic E-state index is 0.0898. The van der Waals surface area contributed by atoms with Crippen molar-refractivity contribution in [2.24, 2.45) is 0 Å². The second-order valence-corrected chi connectivity index (χ2v) is 5.65. The van der Waals surface area contributed by atoms with Crippen molar-refractivity contribution in [1.82, 2.24) is 4.90 Å². The monoisotopic (exact) mass is 392 g/mol. The van der Waals surface area contributed by atoms with Crippen LogP contribution in [-0.4, -0.2) is 34.2 Å². The van der Waals surface area contributed by atoms with Crippen LogP contribution in [0.4, 0.5) is 5.69 Å². The van der Waals surface area contributed by atoms with Gasteiger partial charge in [-0.2, -0.15) is 0 Å². The zero-order chi connectivity index (χ0) is 14.4. The van der Waals surface area contributed by atoms with Gasteiger partial charge in [0.2, 0.25) is 0 Å². The molecule has 0 aliphatic carbocycles. The van der Waals surface area contributed by atoms with Crippen molar-refractivity contribution in [3.63, 3.8) is 0 Å². The second-order valence-electron chi connectivity index (χ2n) is 3.94. The molecule has 5 nitrogen and oxygen atoms in total. The highest BCUT2D eigenvalue weighted by molar-refractivity contribution is 9.10. The molecule has 1 aromatic carbocycles. The molecule has 0 fully saturated rings. The predicted octanol–water partition coefficient (Wildman–Crippen LogP) is 3.60. The number of nitro benzene ring substituents is 1. The molecule has 0 aliphatic rings. The Balaban J connectivity index is 3.06. The molecule has 1 aromatic rings. The number of nitro groups is 1. The highest BCUT2D eigenvalue weighted by atomic mass is 79.9. The van der Waals surface area contributed by atoms with E-state index in [0.29, 0.717) is 28.5 Å². The van der Waals surface area contributed by atoms with E-state index in [2.05, 4.69) is 31.9 Å². The van der Waals surface area contributed by atoms with Crippen LogP contribution >= 0.6 is 31.9 Å². The van der Waals surface area contributed by atoms with Crippen LogP contribution in [0.15, 0.2) is 22.7 Å². The molecule has 0 heterocycles. The van der Waals surface area contributed by atoms with Gasteiger partial charge >= 0.3 is 0 Å². The van der Waals surface area contributed by atoms with Crippen LogP contribution in [0.25, 0.3) is 0 Å². The molecule has 0 radical (unpaired) electrons. The zero-order valence-electron chi connectivity index (χ0n) is 10.4. The van der Waals surface area contributed by atoms with Gasteiger partial charge in [-0.15, -0.1) is 0 Å². The minimum Gasteiger partial charge on any atom is -0.338 e. The van der Waals surface area contributed by atoms with Gasteiger partial charge in [-0.1, -0.05) is 38.8 Å². The highest BCUT2D eigenvalue weighted by Gasteiger charge is 2.18. The van der Waals surface area contributed by atoms with E-state index in [0.717, 1.165) is 6.42 Å². The van der Waals surface area contributed by atoms with E-state index >= 15 is 0 Å². The molecule has 1 rings (SSSR count). The summed E-state index contributed by atoms with van der Waals surface area (Å²) in [5.74, 6) is -0.189. The van der Waals surface area contributed by atoms with Gasteiger partial charge in [-0.3, -0.25) is 14.9 Å². The van der Waals surface area contributed by atoms with E-state index in [1.54, 1.807) is 11.0 Å². The Bertz CT molecular complexity index is 474. The molecule has 7 heteroatoms. The zero-order valence-corrected chi connectivity index (χ0v) is 13.6. The van der Waals surface area contributed by atoms with Crippen molar-refractivity contribution in [2.75, 3.05) is 18.4 Å². The Hall–Kier alpha value is -0.950. The third-order valence-corrected chi connectivity index (χ3v) is 3.29. The third-order valence-electron chi connectivity index (χ3n) is 2.48. The summed E-state index contributed by atoms with van der Waals surface area (Å²) in [5.41, 5.74) is 0.239. The normalized spacial score (nSPS) is 10.3. The number of hydrogen-bond donors (Lipinski definition) is 0. The van der Waals surface area contributed by atoms with Crippen LogP contribution in [-0.2, 0) is 0 Å². The van der Waals surface area contributed by atoms with Crippen molar-refractivity contribution < 1.29 is 9.72 Å². The summed E-state index contributed by atoms with van der Waals surface area (Å²) < 4.78 is 0.528. The Kier molecular flexibility index (Phi) is 6.44. The number of amides is 1. The lowest BCUT2D eigenvalue weighted by molar-refractivity contribution is -0.385. The average Bonchev–Trinajstić information content (AvgIpc) is 2.37. The van der Waals surface area contributed by atoms with Crippen LogP contribution in [0, 0.1) is 10.1 Å². The molecule has 0 atom stereocenters. The van der Waals surface area contributed by atoms with Crippen LogP contribution in [0.5, 0.6) is 0 Å². The number of rotatable bonds is 6. The molecular formula is C12H14Br2N2O3. The molecule has 0 spiro atoms. The molecule has 0 bridgehead atoms. The van der Waals surface area contributed by atoms with Gasteiger partial charge in [0.15, 0.2) is 0 Å². The SMILES string of the molecule is CCCN(CCBr)C(=O)c1cc(Br)cc([N+](=O)[O-])c1. The standard InChI is InChI=1S/C12H14Br2N2O3/c1-2-4-15(5-3-13)12(17)9-6-10(14)8-11(7-9)16(18)19/h6-8H,2-5H2,1H3. The van der Waals surface area contributed by atoms with Crippen molar-refractivity contribution in [1.29, 1.82) is 0 Å². The number of carbonyl (C=O) groups is 1. The van der Waals surface area contributed by atoms with Crippen LogP contribution in [0.3, 0.4) is 0 Å². The summed E-state index contributed by atoms with van der Waals surface area (Å²) in [6, 6.07) is 4.29. The Labute approximate surface area is 128 Å². The van der Waals surface area contributed by atoms with Gasteiger partial charge in [0, 0.05) is 40.6 Å². The van der Waals surface area contributed by atoms with E-state index in [9.17, 15) is 14.9 Å². The molecule has 19 heavy (non-hydrogen) atoms. The first kappa shape index (κ1) is 16.1. The first-order valence-electron chi connectivity index (χ1n) is 5.79. The first-order valence-corrected chi connectivity index (χ1v) is 7.71. The van der Waals surface area contributed by atoms with Gasteiger partial charge in [-0.25, -0.2) is 0 Å². The number of nitrogens with zero attached hydrogens (tertiary/aromatic N) is 2. The Morgan fingerprint density at radius 1 is 1.37 bits per heavy atom. The quantitative estimate of drug-likeness (QED) is 0.421. The number of halogens is 2. The first-order chi connectivity index (χ1) is 8.99. The van der Waals surface area contributed by atoms with Crippen molar-refractivity contribution in [3.05, 3.63) is 38.3 Å². The van der Waals surface area contributed by atoms with Crippen LogP contribution in [0.1, 0.15) is 23.7 Å². The fraction of sp³-hybridized carbons (Fsp3) is 0.417. The topological polar surface area (TPSA) is 63.5 Å². The molecule has 0 saturated heterocycles. The maximum Gasteiger partial charge on any atom is 0.271 e. The van der Waals surface area contributed by atoms with Gasteiger partial charge in [0.05, 0.1) is 4.92 Å². The number of alkyl halides is 1. The van der Waals surface area contributed by atoms with Gasteiger partial charge in [-0.05, 0) is 12.5 Å². The second kappa shape index (κ2) is 7.59. The summed E-state index contributed by atoms with van der Waals surface area (Å²) in [6.45, 7) is 3.19. The summed E-state index contributed by atoms with van der Waals surface area (Å²) in [5, 5.41) is 11.5. The molecular weight excluding hydrogens is 380 g/mol. The fourth-order valence-electron chi connectivity index (χ4n) is 1.67. The maximum atomic E-state index is 12.3. The minimum atomic E-state index is -0.504. The predicted molar refractivity (Wildman–Crippen MR) is 80.8 cm³/mol. The lowest BCUT2D eigenvalue weighted by Crippen LogP contribution is -2.33. The van der Waals surface area contributed by atoms with E-state index in [1.165, 1.54) is 12.1 Å². The van der Waals surface area contributed by atoms with Gasteiger partial charge in [0.25, 0.3) is 11.6 Å². The fourth-order valence-corrected chi connectivity index (χ4v) is 2.58. The van der Waals surface area contributed by atoms with Crippen molar-refractivity contribution >= 4 is 43.5 Å². The molecule has 104 valence electrons. The number of non-ortho nitro benzene ring substituents is 1.